The van der Waals surface area contributed by atoms with Crippen LogP contribution in [0.5, 0.6) is 0 Å². The van der Waals surface area contributed by atoms with Crippen LogP contribution in [0.4, 0.5) is 0 Å². The van der Waals surface area contributed by atoms with Gasteiger partial charge in [0.2, 0.25) is 5.91 Å². The molecule has 5 N–H and O–H groups in total. The van der Waals surface area contributed by atoms with Crippen molar-refractivity contribution in [2.45, 2.75) is 39.7 Å². The first-order valence-electron chi connectivity index (χ1n) is 6.08. The summed E-state index contributed by atoms with van der Waals surface area (Å²) in [6.07, 6.45) is -1.32. The monoisotopic (exact) mass is 293 g/mol. The topological polar surface area (TPSA) is 144 Å². The van der Waals surface area contributed by atoms with Crippen LogP contribution in [0.25, 0.3) is 0 Å². The minimum absolute atomic E-state index is 0.0350. The summed E-state index contributed by atoms with van der Waals surface area (Å²) in [5.41, 5.74) is -0.937. The van der Waals surface area contributed by atoms with Crippen molar-refractivity contribution < 1.29 is 34.8 Å². The quantitative estimate of drug-likeness (QED) is 0.423. The fourth-order valence-electron chi connectivity index (χ4n) is 0.831. The van der Waals surface area contributed by atoms with Crippen molar-refractivity contribution in [1.82, 2.24) is 5.32 Å². The third-order valence-electron chi connectivity index (χ3n) is 2.34. The number of aliphatic hydroxyl groups is 2. The molecule has 0 aromatic carbocycles. The van der Waals surface area contributed by atoms with E-state index in [4.69, 9.17) is 15.3 Å². The molecule has 0 rings (SSSR count). The van der Waals surface area contributed by atoms with E-state index in [2.05, 4.69) is 5.32 Å². The third-order valence-corrected chi connectivity index (χ3v) is 2.34. The molecule has 0 fully saturated rings. The molecular formula is C12H23NO7. The van der Waals surface area contributed by atoms with Crippen molar-refractivity contribution in [2.75, 3.05) is 13.2 Å². The molecule has 0 aliphatic heterocycles. The van der Waals surface area contributed by atoms with Crippen molar-refractivity contribution in [3.05, 3.63) is 0 Å². The number of carbonyl (C=O) groups is 3. The third kappa shape index (κ3) is 10.3. The molecule has 0 aromatic heterocycles. The zero-order chi connectivity index (χ0) is 16.3. The van der Waals surface area contributed by atoms with Gasteiger partial charge in [0.15, 0.2) is 0 Å². The van der Waals surface area contributed by atoms with Gasteiger partial charge < -0.3 is 25.7 Å². The molecular weight excluding hydrogens is 270 g/mol. The lowest BCUT2D eigenvalue weighted by Gasteiger charge is -2.26. The summed E-state index contributed by atoms with van der Waals surface area (Å²) in [5, 5.41) is 36.7. The van der Waals surface area contributed by atoms with Gasteiger partial charge in [-0.3, -0.25) is 14.4 Å². The molecule has 1 atom stereocenters. The summed E-state index contributed by atoms with van der Waals surface area (Å²) in [5.74, 6) is -2.44. The minimum atomic E-state index is -1.35. The molecule has 118 valence electrons. The number of amides is 1. The lowest BCUT2D eigenvalue weighted by Crippen LogP contribution is -2.45. The molecule has 0 aromatic rings. The van der Waals surface area contributed by atoms with Crippen LogP contribution in [0.3, 0.4) is 0 Å². The van der Waals surface area contributed by atoms with E-state index in [1.54, 1.807) is 6.92 Å². The van der Waals surface area contributed by atoms with Crippen molar-refractivity contribution in [3.8, 4) is 0 Å². The van der Waals surface area contributed by atoms with E-state index >= 15 is 0 Å². The number of hydrogen-bond acceptors (Lipinski definition) is 5. The van der Waals surface area contributed by atoms with Crippen LogP contribution in [-0.4, -0.2) is 57.5 Å². The Morgan fingerprint density at radius 3 is 1.90 bits per heavy atom. The maximum atomic E-state index is 11.3. The van der Waals surface area contributed by atoms with E-state index in [-0.39, 0.29) is 26.0 Å². The van der Waals surface area contributed by atoms with Gasteiger partial charge in [-0.1, -0.05) is 20.8 Å². The summed E-state index contributed by atoms with van der Waals surface area (Å²) in [6, 6.07) is 0. The molecule has 0 aliphatic rings. The average molecular weight is 293 g/mol. The zero-order valence-corrected chi connectivity index (χ0v) is 11.9. The summed E-state index contributed by atoms with van der Waals surface area (Å²) in [4.78, 5) is 30.8. The Balaban J connectivity index is 0. The van der Waals surface area contributed by atoms with Crippen LogP contribution < -0.4 is 5.32 Å². The fourth-order valence-corrected chi connectivity index (χ4v) is 0.831. The largest absolute Gasteiger partial charge is 0.481 e. The first kappa shape index (κ1) is 20.6. The normalized spacial score (nSPS) is 11.8. The standard InChI is InChI=1S/C9H17NO5.C3H6O2/c1-9(2,5-11)7(14)8(15)10-4-3-6(12)13;1-2-3(4)5/h7,11,14H,3-5H2,1-2H3,(H,10,15)(H,12,13);2H2,1H3,(H,4,5)/t7-;/m0./s1. The molecule has 0 heterocycles. The van der Waals surface area contributed by atoms with E-state index in [1.165, 1.54) is 13.8 Å². The van der Waals surface area contributed by atoms with E-state index in [0.29, 0.717) is 0 Å². The molecule has 0 saturated carbocycles. The number of aliphatic carboxylic acids is 2. The summed E-state index contributed by atoms with van der Waals surface area (Å²) >= 11 is 0. The molecule has 0 saturated heterocycles. The molecule has 0 radical (unpaired) electrons. The van der Waals surface area contributed by atoms with Crippen LogP contribution >= 0.6 is 0 Å². The summed E-state index contributed by atoms with van der Waals surface area (Å²) in [7, 11) is 0. The van der Waals surface area contributed by atoms with Crippen molar-refractivity contribution in [2.24, 2.45) is 5.41 Å². The number of aliphatic hydroxyl groups excluding tert-OH is 2. The first-order chi connectivity index (χ1) is 9.08. The number of carboxylic acids is 2. The second-order valence-electron chi connectivity index (χ2n) is 4.73. The Morgan fingerprint density at radius 2 is 1.60 bits per heavy atom. The van der Waals surface area contributed by atoms with Crippen molar-refractivity contribution in [3.63, 3.8) is 0 Å². The predicted molar refractivity (Wildman–Crippen MR) is 70.1 cm³/mol. The van der Waals surface area contributed by atoms with Gasteiger partial charge in [0, 0.05) is 18.4 Å². The molecule has 1 amide bonds. The van der Waals surface area contributed by atoms with Crippen LogP contribution in [0, 0.1) is 5.41 Å². The van der Waals surface area contributed by atoms with Crippen LogP contribution in [0.1, 0.15) is 33.6 Å². The van der Waals surface area contributed by atoms with Crippen LogP contribution in [0.2, 0.25) is 0 Å². The van der Waals surface area contributed by atoms with Crippen LogP contribution in [0.15, 0.2) is 0 Å². The minimum Gasteiger partial charge on any atom is -0.481 e. The summed E-state index contributed by atoms with van der Waals surface area (Å²) < 4.78 is 0. The number of carboxylic acid groups (broad SMARTS) is 2. The molecule has 20 heavy (non-hydrogen) atoms. The highest BCUT2D eigenvalue weighted by Crippen LogP contribution is 2.19. The number of carbonyl (C=O) groups excluding carboxylic acids is 1. The predicted octanol–water partition coefficient (Wildman–Crippen LogP) is -0.562. The summed E-state index contributed by atoms with van der Waals surface area (Å²) in [6.45, 7) is 4.30. The van der Waals surface area contributed by atoms with Gasteiger partial charge in [-0.2, -0.15) is 0 Å². The second-order valence-corrected chi connectivity index (χ2v) is 4.73. The highest BCUT2D eigenvalue weighted by atomic mass is 16.4. The van der Waals surface area contributed by atoms with Gasteiger partial charge in [-0.05, 0) is 0 Å². The number of nitrogens with one attached hydrogen (secondary N) is 1. The van der Waals surface area contributed by atoms with Gasteiger partial charge in [0.1, 0.15) is 6.10 Å². The Morgan fingerprint density at radius 1 is 1.15 bits per heavy atom. The molecule has 0 spiro atoms. The highest BCUT2D eigenvalue weighted by Gasteiger charge is 2.32. The van der Waals surface area contributed by atoms with Gasteiger partial charge in [-0.25, -0.2) is 0 Å². The van der Waals surface area contributed by atoms with Gasteiger partial charge in [-0.15, -0.1) is 0 Å². The average Bonchev–Trinajstić information content (AvgIpc) is 2.37. The van der Waals surface area contributed by atoms with Gasteiger partial charge in [0.25, 0.3) is 0 Å². The maximum Gasteiger partial charge on any atom is 0.305 e. The van der Waals surface area contributed by atoms with Crippen molar-refractivity contribution in [1.29, 1.82) is 0 Å². The Hall–Kier alpha value is -1.67. The van der Waals surface area contributed by atoms with Gasteiger partial charge in [0.05, 0.1) is 13.0 Å². The van der Waals surface area contributed by atoms with E-state index in [9.17, 15) is 19.5 Å². The molecule has 8 nitrogen and oxygen atoms in total. The van der Waals surface area contributed by atoms with E-state index in [1.807, 2.05) is 0 Å². The lowest BCUT2D eigenvalue weighted by molar-refractivity contribution is -0.139. The number of hydrogen-bond donors (Lipinski definition) is 5. The Labute approximate surface area is 117 Å². The molecule has 0 aliphatic carbocycles. The van der Waals surface area contributed by atoms with Crippen LogP contribution in [-0.2, 0) is 14.4 Å². The second kappa shape index (κ2) is 10.2. The molecule has 0 bridgehead atoms. The maximum absolute atomic E-state index is 11.3. The molecule has 0 unspecified atom stereocenters. The lowest BCUT2D eigenvalue weighted by atomic mass is 9.87. The Bertz CT molecular complexity index is 328. The molecule has 8 heteroatoms. The zero-order valence-electron chi connectivity index (χ0n) is 11.9. The van der Waals surface area contributed by atoms with Gasteiger partial charge >= 0.3 is 11.9 Å². The van der Waals surface area contributed by atoms with E-state index < -0.39 is 29.4 Å². The fraction of sp³-hybridized carbons (Fsp3) is 0.750. The SMILES string of the molecule is CC(C)(CO)[C@@H](O)C(=O)NCCC(=O)O.CCC(=O)O. The van der Waals surface area contributed by atoms with E-state index in [0.717, 1.165) is 0 Å². The van der Waals surface area contributed by atoms with Crippen molar-refractivity contribution >= 4 is 17.8 Å². The first-order valence-corrected chi connectivity index (χ1v) is 6.08. The smallest absolute Gasteiger partial charge is 0.305 e. The Kier molecular flexibility index (Phi) is 10.5. The number of rotatable bonds is 7. The highest BCUT2D eigenvalue weighted by molar-refractivity contribution is 5.81.